The van der Waals surface area contributed by atoms with Crippen LogP contribution in [0.4, 0.5) is 5.69 Å². The third kappa shape index (κ3) is 5.22. The molecular formula is C20H23Cl2N3O3S. The van der Waals surface area contributed by atoms with Crippen LogP contribution in [0.2, 0.25) is 10.0 Å². The molecule has 1 fully saturated rings. The van der Waals surface area contributed by atoms with Crippen LogP contribution in [0.1, 0.15) is 24.2 Å². The van der Waals surface area contributed by atoms with Gasteiger partial charge in [0.1, 0.15) is 0 Å². The van der Waals surface area contributed by atoms with Crippen LogP contribution in [0.25, 0.3) is 0 Å². The molecule has 1 N–H and O–H groups in total. The number of sulfonamides is 1. The number of rotatable bonds is 5. The maximum absolute atomic E-state index is 13.0. The van der Waals surface area contributed by atoms with E-state index in [1.54, 1.807) is 18.7 Å². The zero-order chi connectivity index (χ0) is 21.2. The molecule has 0 aromatic heterocycles. The normalized spacial score (nSPS) is 15.1. The molecule has 0 aliphatic carbocycles. The Hall–Kier alpha value is -1.80. The Labute approximate surface area is 181 Å². The highest BCUT2D eigenvalue weighted by Crippen LogP contribution is 2.24. The molecule has 9 heteroatoms. The summed E-state index contributed by atoms with van der Waals surface area (Å²) in [6.45, 7) is 5.83. The summed E-state index contributed by atoms with van der Waals surface area (Å²) in [6, 6.07) is 11.5. The summed E-state index contributed by atoms with van der Waals surface area (Å²) in [5.41, 5.74) is 1.24. The van der Waals surface area contributed by atoms with Crippen LogP contribution in [0.15, 0.2) is 47.4 Å². The molecule has 3 rings (SSSR count). The number of carbonyl (C=O) groups excluding carboxylic acids is 1. The molecule has 2 aromatic rings. The molecule has 0 radical (unpaired) electrons. The number of amides is 1. The second-order valence-electron chi connectivity index (χ2n) is 7.17. The smallest absolute Gasteiger partial charge is 0.255 e. The second-order valence-corrected chi connectivity index (χ2v) is 9.73. The van der Waals surface area contributed by atoms with Gasteiger partial charge in [0.15, 0.2) is 0 Å². The van der Waals surface area contributed by atoms with Crippen molar-refractivity contribution >= 4 is 44.8 Å². The molecule has 0 spiro atoms. The molecule has 1 aliphatic heterocycles. The number of nitrogens with zero attached hydrogens (tertiary/aromatic N) is 2. The third-order valence-electron chi connectivity index (χ3n) is 4.63. The molecular weight excluding hydrogens is 433 g/mol. The number of carbonyl (C=O) groups is 1. The Kier molecular flexibility index (Phi) is 6.73. The molecule has 0 atom stereocenters. The number of halogens is 2. The molecule has 0 unspecified atom stereocenters. The maximum atomic E-state index is 13.0. The molecule has 6 nitrogen and oxygen atoms in total. The van der Waals surface area contributed by atoms with E-state index in [2.05, 4.69) is 9.62 Å². The fourth-order valence-corrected chi connectivity index (χ4v) is 4.81. The molecule has 1 amide bonds. The zero-order valence-electron chi connectivity index (χ0n) is 16.2. The number of piperazine rings is 1. The van der Waals surface area contributed by atoms with Gasteiger partial charge >= 0.3 is 0 Å². The lowest BCUT2D eigenvalue weighted by atomic mass is 10.1. The van der Waals surface area contributed by atoms with E-state index in [1.807, 2.05) is 24.3 Å². The van der Waals surface area contributed by atoms with Crippen molar-refractivity contribution in [1.29, 1.82) is 0 Å². The van der Waals surface area contributed by atoms with Gasteiger partial charge in [0, 0.05) is 42.9 Å². The molecule has 1 aliphatic rings. The van der Waals surface area contributed by atoms with Gasteiger partial charge in [0.25, 0.3) is 5.91 Å². The molecule has 156 valence electrons. The van der Waals surface area contributed by atoms with Crippen molar-refractivity contribution in [3.05, 3.63) is 58.1 Å². The van der Waals surface area contributed by atoms with Crippen LogP contribution in [0.5, 0.6) is 0 Å². The standard InChI is InChI=1S/C20H23Cl2N3O3S/c1-14(2)23-29(27,28)17-7-8-19(22)18(13-17)20(26)25-11-9-24(10-12-25)16-5-3-15(21)4-6-16/h3-8,13-14,23H,9-12H2,1-2H3. The Morgan fingerprint density at radius 2 is 1.62 bits per heavy atom. The largest absolute Gasteiger partial charge is 0.368 e. The Bertz CT molecular complexity index is 987. The van der Waals surface area contributed by atoms with Crippen LogP contribution in [-0.4, -0.2) is 51.4 Å². The first kappa shape index (κ1) is 21.9. The van der Waals surface area contributed by atoms with Crippen molar-refractivity contribution in [3.8, 4) is 0 Å². The first-order chi connectivity index (χ1) is 13.7. The topological polar surface area (TPSA) is 69.7 Å². The minimum Gasteiger partial charge on any atom is -0.368 e. The van der Waals surface area contributed by atoms with Crippen molar-refractivity contribution in [1.82, 2.24) is 9.62 Å². The highest BCUT2D eigenvalue weighted by molar-refractivity contribution is 7.89. The average Bonchev–Trinajstić information content (AvgIpc) is 2.67. The highest BCUT2D eigenvalue weighted by Gasteiger charge is 2.26. The van der Waals surface area contributed by atoms with Gasteiger partial charge in [-0.1, -0.05) is 23.2 Å². The summed E-state index contributed by atoms with van der Waals surface area (Å²) < 4.78 is 27.4. The molecule has 0 bridgehead atoms. The van der Waals surface area contributed by atoms with Gasteiger partial charge in [-0.3, -0.25) is 4.79 Å². The lowest BCUT2D eigenvalue weighted by Gasteiger charge is -2.36. The summed E-state index contributed by atoms with van der Waals surface area (Å²) >= 11 is 12.2. The highest BCUT2D eigenvalue weighted by atomic mass is 35.5. The molecule has 29 heavy (non-hydrogen) atoms. The first-order valence-corrected chi connectivity index (χ1v) is 11.5. The average molecular weight is 456 g/mol. The SMILES string of the molecule is CC(C)NS(=O)(=O)c1ccc(Cl)c(C(=O)N2CCN(c3ccc(Cl)cc3)CC2)c1. The Balaban J connectivity index is 1.74. The van der Waals surface area contributed by atoms with E-state index >= 15 is 0 Å². The number of benzene rings is 2. The van der Waals surface area contributed by atoms with Crippen LogP contribution >= 0.6 is 23.2 Å². The number of hydrogen-bond donors (Lipinski definition) is 1. The lowest BCUT2D eigenvalue weighted by Crippen LogP contribution is -2.48. The fraction of sp³-hybridized carbons (Fsp3) is 0.350. The van der Waals surface area contributed by atoms with Gasteiger partial charge in [-0.05, 0) is 56.3 Å². The minimum absolute atomic E-state index is 0.0266. The van der Waals surface area contributed by atoms with Crippen molar-refractivity contribution in [2.75, 3.05) is 31.1 Å². The van der Waals surface area contributed by atoms with Crippen molar-refractivity contribution < 1.29 is 13.2 Å². The lowest BCUT2D eigenvalue weighted by molar-refractivity contribution is 0.0746. The number of anilines is 1. The van der Waals surface area contributed by atoms with E-state index in [0.29, 0.717) is 31.2 Å². The number of hydrogen-bond acceptors (Lipinski definition) is 4. The minimum atomic E-state index is -3.71. The Morgan fingerprint density at radius 1 is 1.00 bits per heavy atom. The van der Waals surface area contributed by atoms with E-state index in [4.69, 9.17) is 23.2 Å². The van der Waals surface area contributed by atoms with Gasteiger partial charge in [-0.15, -0.1) is 0 Å². The summed E-state index contributed by atoms with van der Waals surface area (Å²) in [4.78, 5) is 16.9. The van der Waals surface area contributed by atoms with E-state index in [9.17, 15) is 13.2 Å². The first-order valence-electron chi connectivity index (χ1n) is 9.29. The zero-order valence-corrected chi connectivity index (χ0v) is 18.6. The van der Waals surface area contributed by atoms with Crippen LogP contribution in [0.3, 0.4) is 0 Å². The van der Waals surface area contributed by atoms with E-state index in [0.717, 1.165) is 5.69 Å². The monoisotopic (exact) mass is 455 g/mol. The van der Waals surface area contributed by atoms with Crippen LogP contribution in [0, 0.1) is 0 Å². The fourth-order valence-electron chi connectivity index (χ4n) is 3.20. The van der Waals surface area contributed by atoms with Gasteiger partial charge in [-0.25, -0.2) is 13.1 Å². The van der Waals surface area contributed by atoms with Crippen LogP contribution in [-0.2, 0) is 10.0 Å². The van der Waals surface area contributed by atoms with E-state index in [-0.39, 0.29) is 27.4 Å². The molecule has 2 aromatic carbocycles. The predicted octanol–water partition coefficient (Wildman–Crippen LogP) is 3.64. The number of nitrogens with one attached hydrogen (secondary N) is 1. The van der Waals surface area contributed by atoms with Gasteiger partial charge < -0.3 is 9.80 Å². The van der Waals surface area contributed by atoms with Crippen LogP contribution < -0.4 is 9.62 Å². The predicted molar refractivity (Wildman–Crippen MR) is 116 cm³/mol. The van der Waals surface area contributed by atoms with Gasteiger partial charge in [0.05, 0.1) is 15.5 Å². The summed E-state index contributed by atoms with van der Waals surface area (Å²) in [6.07, 6.45) is 0. The van der Waals surface area contributed by atoms with Crippen molar-refractivity contribution in [3.63, 3.8) is 0 Å². The molecule has 0 saturated carbocycles. The quantitative estimate of drug-likeness (QED) is 0.746. The van der Waals surface area contributed by atoms with E-state index in [1.165, 1.54) is 18.2 Å². The van der Waals surface area contributed by atoms with Crippen molar-refractivity contribution in [2.45, 2.75) is 24.8 Å². The summed E-state index contributed by atoms with van der Waals surface area (Å²) in [5, 5.41) is 0.914. The second kappa shape index (κ2) is 8.92. The molecule has 1 saturated heterocycles. The van der Waals surface area contributed by atoms with Crippen molar-refractivity contribution in [2.24, 2.45) is 0 Å². The third-order valence-corrected chi connectivity index (χ3v) is 6.87. The summed E-state index contributed by atoms with van der Waals surface area (Å²) in [7, 11) is -3.71. The maximum Gasteiger partial charge on any atom is 0.255 e. The molecule has 1 heterocycles. The van der Waals surface area contributed by atoms with Gasteiger partial charge in [0.2, 0.25) is 10.0 Å². The Morgan fingerprint density at radius 3 is 2.21 bits per heavy atom. The van der Waals surface area contributed by atoms with E-state index < -0.39 is 10.0 Å². The van der Waals surface area contributed by atoms with Gasteiger partial charge in [-0.2, -0.15) is 0 Å². The summed E-state index contributed by atoms with van der Waals surface area (Å²) in [5.74, 6) is -0.271.